The first kappa shape index (κ1) is 11.6. The predicted octanol–water partition coefficient (Wildman–Crippen LogP) is 2.77. The average molecular weight is 240 g/mol. The Hall–Kier alpha value is -0.830. The predicted molar refractivity (Wildman–Crippen MR) is 67.1 cm³/mol. The van der Waals surface area contributed by atoms with Crippen LogP contribution in [-0.2, 0) is 0 Å². The van der Waals surface area contributed by atoms with E-state index < -0.39 is 0 Å². The van der Waals surface area contributed by atoms with Gasteiger partial charge in [0.1, 0.15) is 12.1 Å². The van der Waals surface area contributed by atoms with E-state index in [2.05, 4.69) is 14.9 Å². The lowest BCUT2D eigenvalue weighted by molar-refractivity contribution is 0.615. The van der Waals surface area contributed by atoms with Crippen molar-refractivity contribution < 1.29 is 0 Å². The van der Waals surface area contributed by atoms with Crippen LogP contribution >= 0.6 is 11.6 Å². The van der Waals surface area contributed by atoms with E-state index in [0.717, 1.165) is 18.1 Å². The number of nitrogens with zero attached hydrogens (tertiary/aromatic N) is 3. The number of hydrogen-bond donors (Lipinski definition) is 0. The van der Waals surface area contributed by atoms with E-state index in [1.54, 1.807) is 6.33 Å². The smallest absolute Gasteiger partial charge is 0.132 e. The second-order valence-corrected chi connectivity index (χ2v) is 4.68. The number of rotatable bonds is 2. The highest BCUT2D eigenvalue weighted by atomic mass is 35.5. The van der Waals surface area contributed by atoms with Crippen molar-refractivity contribution in [3.8, 4) is 0 Å². The number of alkyl halides is 1. The summed E-state index contributed by atoms with van der Waals surface area (Å²) in [6, 6.07) is 2.48. The van der Waals surface area contributed by atoms with Crippen molar-refractivity contribution in [1.82, 2.24) is 9.97 Å². The van der Waals surface area contributed by atoms with Gasteiger partial charge in [0, 0.05) is 30.2 Å². The standard InChI is InChI=1S/C12H18ClN3/c1-10-7-12(15-9-14-10)16-6-4-2-3-5-11(16)8-13/h7,9,11H,2-6,8H2,1H3. The maximum absolute atomic E-state index is 6.05. The molecular weight excluding hydrogens is 222 g/mol. The maximum atomic E-state index is 6.05. The maximum Gasteiger partial charge on any atom is 0.132 e. The first-order chi connectivity index (χ1) is 7.81. The van der Waals surface area contributed by atoms with Crippen molar-refractivity contribution in [1.29, 1.82) is 0 Å². The summed E-state index contributed by atoms with van der Waals surface area (Å²) in [6.07, 6.45) is 6.62. The molecule has 1 atom stereocenters. The molecule has 16 heavy (non-hydrogen) atoms. The van der Waals surface area contributed by atoms with Crippen molar-refractivity contribution in [2.45, 2.75) is 38.6 Å². The van der Waals surface area contributed by atoms with Crippen molar-refractivity contribution in [3.63, 3.8) is 0 Å². The first-order valence-electron chi connectivity index (χ1n) is 5.92. The van der Waals surface area contributed by atoms with Crippen LogP contribution < -0.4 is 4.90 Å². The molecular formula is C12H18ClN3. The molecule has 0 saturated carbocycles. The van der Waals surface area contributed by atoms with Crippen molar-refractivity contribution >= 4 is 17.4 Å². The molecule has 2 heterocycles. The van der Waals surface area contributed by atoms with Gasteiger partial charge in [-0.1, -0.05) is 12.8 Å². The van der Waals surface area contributed by atoms with E-state index in [0.29, 0.717) is 11.9 Å². The zero-order valence-electron chi connectivity index (χ0n) is 9.69. The summed E-state index contributed by atoms with van der Waals surface area (Å²) in [4.78, 5) is 10.8. The van der Waals surface area contributed by atoms with Gasteiger partial charge in [0.15, 0.2) is 0 Å². The van der Waals surface area contributed by atoms with Crippen molar-refractivity contribution in [3.05, 3.63) is 18.1 Å². The van der Waals surface area contributed by atoms with Gasteiger partial charge in [-0.3, -0.25) is 0 Å². The SMILES string of the molecule is Cc1cc(N2CCCCCC2CCl)ncn1. The molecule has 0 aromatic carbocycles. The molecule has 88 valence electrons. The topological polar surface area (TPSA) is 29.0 Å². The Labute approximate surface area is 102 Å². The Balaban J connectivity index is 2.21. The van der Waals surface area contributed by atoms with Crippen LogP contribution in [0.4, 0.5) is 5.82 Å². The second kappa shape index (κ2) is 5.48. The number of aromatic nitrogens is 2. The van der Waals surface area contributed by atoms with Crippen LogP contribution in [0.5, 0.6) is 0 Å². The first-order valence-corrected chi connectivity index (χ1v) is 6.46. The Morgan fingerprint density at radius 3 is 3.00 bits per heavy atom. The highest BCUT2D eigenvalue weighted by Crippen LogP contribution is 2.23. The van der Waals surface area contributed by atoms with E-state index in [9.17, 15) is 0 Å². The molecule has 0 spiro atoms. The van der Waals surface area contributed by atoms with E-state index in [1.165, 1.54) is 25.7 Å². The summed E-state index contributed by atoms with van der Waals surface area (Å²) in [6.45, 7) is 3.06. The lowest BCUT2D eigenvalue weighted by atomic mass is 10.1. The minimum Gasteiger partial charge on any atom is -0.352 e. The van der Waals surface area contributed by atoms with E-state index >= 15 is 0 Å². The molecule has 1 unspecified atom stereocenters. The summed E-state index contributed by atoms with van der Waals surface area (Å²) in [5.41, 5.74) is 1.02. The zero-order chi connectivity index (χ0) is 11.4. The van der Waals surface area contributed by atoms with Gasteiger partial charge in [-0.25, -0.2) is 9.97 Å². The molecule has 0 radical (unpaired) electrons. The Morgan fingerprint density at radius 2 is 2.25 bits per heavy atom. The molecule has 1 aromatic rings. The molecule has 1 saturated heterocycles. The monoisotopic (exact) mass is 239 g/mol. The minimum atomic E-state index is 0.429. The van der Waals surface area contributed by atoms with Gasteiger partial charge in [0.25, 0.3) is 0 Å². The molecule has 0 aliphatic carbocycles. The average Bonchev–Trinajstić information content (AvgIpc) is 2.53. The van der Waals surface area contributed by atoms with Gasteiger partial charge in [-0.05, 0) is 19.8 Å². The quantitative estimate of drug-likeness (QED) is 0.744. The zero-order valence-corrected chi connectivity index (χ0v) is 10.5. The van der Waals surface area contributed by atoms with Crippen LogP contribution in [0.25, 0.3) is 0 Å². The molecule has 1 aromatic heterocycles. The molecule has 0 N–H and O–H groups in total. The Morgan fingerprint density at radius 1 is 1.38 bits per heavy atom. The highest BCUT2D eigenvalue weighted by molar-refractivity contribution is 6.18. The van der Waals surface area contributed by atoms with E-state index in [1.807, 2.05) is 13.0 Å². The van der Waals surface area contributed by atoms with Gasteiger partial charge in [-0.15, -0.1) is 11.6 Å². The Kier molecular flexibility index (Phi) is 3.99. The summed E-state index contributed by atoms with van der Waals surface area (Å²) in [5, 5.41) is 0. The molecule has 1 aliphatic rings. The normalized spacial score (nSPS) is 21.9. The van der Waals surface area contributed by atoms with Crippen LogP contribution in [0.3, 0.4) is 0 Å². The fraction of sp³-hybridized carbons (Fsp3) is 0.667. The number of hydrogen-bond acceptors (Lipinski definition) is 3. The summed E-state index contributed by atoms with van der Waals surface area (Å²) < 4.78 is 0. The second-order valence-electron chi connectivity index (χ2n) is 4.37. The summed E-state index contributed by atoms with van der Waals surface area (Å²) in [7, 11) is 0. The van der Waals surface area contributed by atoms with Crippen LogP contribution in [0.1, 0.15) is 31.4 Å². The van der Waals surface area contributed by atoms with Crippen LogP contribution in [0.2, 0.25) is 0 Å². The third kappa shape index (κ3) is 2.64. The highest BCUT2D eigenvalue weighted by Gasteiger charge is 2.21. The fourth-order valence-electron chi connectivity index (χ4n) is 2.24. The van der Waals surface area contributed by atoms with Crippen LogP contribution in [0.15, 0.2) is 12.4 Å². The van der Waals surface area contributed by atoms with Gasteiger partial charge in [0.05, 0.1) is 0 Å². The van der Waals surface area contributed by atoms with Crippen LogP contribution in [-0.4, -0.2) is 28.4 Å². The van der Waals surface area contributed by atoms with Crippen molar-refractivity contribution in [2.75, 3.05) is 17.3 Å². The molecule has 2 rings (SSSR count). The molecule has 1 fully saturated rings. The van der Waals surface area contributed by atoms with Crippen LogP contribution in [0, 0.1) is 6.92 Å². The minimum absolute atomic E-state index is 0.429. The molecule has 1 aliphatic heterocycles. The van der Waals surface area contributed by atoms with E-state index in [-0.39, 0.29) is 0 Å². The van der Waals surface area contributed by atoms with E-state index in [4.69, 9.17) is 11.6 Å². The number of aryl methyl sites for hydroxylation is 1. The lowest BCUT2D eigenvalue weighted by Gasteiger charge is -2.29. The molecule has 4 heteroatoms. The number of anilines is 1. The number of halogens is 1. The summed E-state index contributed by atoms with van der Waals surface area (Å²) in [5.74, 6) is 1.71. The third-order valence-corrected chi connectivity index (χ3v) is 3.50. The summed E-state index contributed by atoms with van der Waals surface area (Å²) >= 11 is 6.05. The lowest BCUT2D eigenvalue weighted by Crippen LogP contribution is -2.36. The van der Waals surface area contributed by atoms with Gasteiger partial charge < -0.3 is 4.90 Å². The fourth-order valence-corrected chi connectivity index (χ4v) is 2.56. The third-order valence-electron chi connectivity index (χ3n) is 3.14. The van der Waals surface area contributed by atoms with Gasteiger partial charge in [-0.2, -0.15) is 0 Å². The molecule has 3 nitrogen and oxygen atoms in total. The Bertz CT molecular complexity index is 343. The molecule has 0 amide bonds. The van der Waals surface area contributed by atoms with Crippen molar-refractivity contribution in [2.24, 2.45) is 0 Å². The van der Waals surface area contributed by atoms with Gasteiger partial charge >= 0.3 is 0 Å². The molecule has 0 bridgehead atoms. The van der Waals surface area contributed by atoms with Gasteiger partial charge in [0.2, 0.25) is 0 Å². The largest absolute Gasteiger partial charge is 0.352 e.